The molecule has 1 aromatic carbocycles. The molecule has 1 rings (SSSR count). The minimum absolute atomic E-state index is 0.104. The summed E-state index contributed by atoms with van der Waals surface area (Å²) >= 11 is 0. The van der Waals surface area contributed by atoms with E-state index in [0.717, 1.165) is 11.3 Å². The van der Waals surface area contributed by atoms with Crippen LogP contribution in [-0.4, -0.2) is 12.5 Å². The molecule has 0 aliphatic carbocycles. The van der Waals surface area contributed by atoms with Crippen LogP contribution in [-0.2, 0) is 4.79 Å². The van der Waals surface area contributed by atoms with E-state index in [0.29, 0.717) is 5.69 Å². The number of benzene rings is 1. The number of rotatable bonds is 3. The Hall–Kier alpha value is -1.71. The Balaban J connectivity index is 2.72. The molecule has 70 valence electrons. The van der Waals surface area contributed by atoms with Gasteiger partial charge in [0.15, 0.2) is 0 Å². The van der Waals surface area contributed by atoms with E-state index in [1.807, 2.05) is 25.1 Å². The SMILES string of the molecule is Cc1ccc(NCC(N)=O)c(N)c1. The quantitative estimate of drug-likeness (QED) is 0.590. The van der Waals surface area contributed by atoms with Crippen LogP contribution in [0.2, 0.25) is 0 Å². The van der Waals surface area contributed by atoms with E-state index >= 15 is 0 Å². The fourth-order valence-electron chi connectivity index (χ4n) is 1.03. The zero-order chi connectivity index (χ0) is 9.84. The van der Waals surface area contributed by atoms with E-state index in [9.17, 15) is 4.79 Å². The summed E-state index contributed by atoms with van der Waals surface area (Å²) in [6.45, 7) is 2.06. The van der Waals surface area contributed by atoms with E-state index < -0.39 is 5.91 Å². The van der Waals surface area contributed by atoms with Crippen molar-refractivity contribution in [3.05, 3.63) is 23.8 Å². The number of amides is 1. The van der Waals surface area contributed by atoms with E-state index in [1.54, 1.807) is 0 Å². The van der Waals surface area contributed by atoms with Crippen LogP contribution >= 0.6 is 0 Å². The Morgan fingerprint density at radius 2 is 2.23 bits per heavy atom. The largest absolute Gasteiger partial charge is 0.397 e. The van der Waals surface area contributed by atoms with Gasteiger partial charge in [-0.2, -0.15) is 0 Å². The van der Waals surface area contributed by atoms with Crippen molar-refractivity contribution in [1.29, 1.82) is 0 Å². The zero-order valence-corrected chi connectivity index (χ0v) is 7.50. The second kappa shape index (κ2) is 3.80. The molecule has 0 fully saturated rings. The van der Waals surface area contributed by atoms with E-state index in [4.69, 9.17) is 11.5 Å². The minimum Gasteiger partial charge on any atom is -0.397 e. The van der Waals surface area contributed by atoms with Gasteiger partial charge >= 0.3 is 0 Å². The predicted octanol–water partition coefficient (Wildman–Crippen LogP) is 0.474. The van der Waals surface area contributed by atoms with Gasteiger partial charge < -0.3 is 16.8 Å². The first-order valence-electron chi connectivity index (χ1n) is 3.98. The van der Waals surface area contributed by atoms with Gasteiger partial charge in [-0.1, -0.05) is 6.07 Å². The summed E-state index contributed by atoms with van der Waals surface area (Å²) < 4.78 is 0. The third-order valence-electron chi connectivity index (χ3n) is 1.66. The van der Waals surface area contributed by atoms with E-state index in [-0.39, 0.29) is 6.54 Å². The number of anilines is 2. The van der Waals surface area contributed by atoms with Gasteiger partial charge in [0.05, 0.1) is 17.9 Å². The van der Waals surface area contributed by atoms with Crippen molar-refractivity contribution in [2.75, 3.05) is 17.6 Å². The van der Waals surface area contributed by atoms with Crippen LogP contribution in [0.25, 0.3) is 0 Å². The molecule has 1 amide bonds. The van der Waals surface area contributed by atoms with Gasteiger partial charge in [-0.25, -0.2) is 0 Å². The summed E-state index contributed by atoms with van der Waals surface area (Å²) in [5, 5.41) is 2.84. The Morgan fingerprint density at radius 3 is 2.77 bits per heavy atom. The third kappa shape index (κ3) is 2.66. The number of hydrogen-bond donors (Lipinski definition) is 3. The lowest BCUT2D eigenvalue weighted by Gasteiger charge is -2.07. The van der Waals surface area contributed by atoms with Crippen molar-refractivity contribution in [2.45, 2.75) is 6.92 Å². The summed E-state index contributed by atoms with van der Waals surface area (Å²) in [7, 11) is 0. The van der Waals surface area contributed by atoms with Crippen molar-refractivity contribution >= 4 is 17.3 Å². The molecular formula is C9H13N3O. The van der Waals surface area contributed by atoms with Gasteiger partial charge in [-0.05, 0) is 24.6 Å². The Labute approximate surface area is 76.9 Å². The van der Waals surface area contributed by atoms with Crippen LogP contribution in [0.3, 0.4) is 0 Å². The van der Waals surface area contributed by atoms with E-state index in [2.05, 4.69) is 5.32 Å². The van der Waals surface area contributed by atoms with Gasteiger partial charge in [0.25, 0.3) is 0 Å². The van der Waals surface area contributed by atoms with Gasteiger partial charge in [0.2, 0.25) is 5.91 Å². The second-order valence-electron chi connectivity index (χ2n) is 2.91. The lowest BCUT2D eigenvalue weighted by Crippen LogP contribution is -2.22. The molecule has 0 aromatic heterocycles. The third-order valence-corrected chi connectivity index (χ3v) is 1.66. The van der Waals surface area contributed by atoms with Crippen molar-refractivity contribution in [2.24, 2.45) is 5.73 Å². The van der Waals surface area contributed by atoms with Gasteiger partial charge in [0, 0.05) is 0 Å². The highest BCUT2D eigenvalue weighted by molar-refractivity contribution is 5.80. The molecule has 1 aromatic rings. The fraction of sp³-hybridized carbons (Fsp3) is 0.222. The maximum Gasteiger partial charge on any atom is 0.236 e. The van der Waals surface area contributed by atoms with Crippen molar-refractivity contribution in [3.8, 4) is 0 Å². The molecule has 0 aliphatic rings. The first kappa shape index (κ1) is 9.38. The molecule has 0 unspecified atom stereocenters. The number of nitrogens with one attached hydrogen (secondary N) is 1. The average Bonchev–Trinajstić information content (AvgIpc) is 2.02. The first-order chi connectivity index (χ1) is 6.09. The fourth-order valence-corrected chi connectivity index (χ4v) is 1.03. The highest BCUT2D eigenvalue weighted by atomic mass is 16.1. The molecule has 4 heteroatoms. The topological polar surface area (TPSA) is 81.1 Å². The summed E-state index contributed by atoms with van der Waals surface area (Å²) in [6.07, 6.45) is 0. The molecule has 4 nitrogen and oxygen atoms in total. The first-order valence-corrected chi connectivity index (χ1v) is 3.98. The van der Waals surface area contributed by atoms with Crippen LogP contribution in [0.1, 0.15) is 5.56 Å². The molecule has 0 bridgehead atoms. The number of nitrogens with two attached hydrogens (primary N) is 2. The number of carbonyl (C=O) groups excluding carboxylic acids is 1. The van der Waals surface area contributed by atoms with Crippen LogP contribution in [0.15, 0.2) is 18.2 Å². The number of primary amides is 1. The average molecular weight is 179 g/mol. The van der Waals surface area contributed by atoms with Crippen molar-refractivity contribution in [3.63, 3.8) is 0 Å². The van der Waals surface area contributed by atoms with Crippen LogP contribution < -0.4 is 16.8 Å². The summed E-state index contributed by atoms with van der Waals surface area (Å²) in [5.74, 6) is -0.403. The normalized spacial score (nSPS) is 9.62. The maximum atomic E-state index is 10.5. The van der Waals surface area contributed by atoms with Crippen LogP contribution in [0, 0.1) is 6.92 Å². The van der Waals surface area contributed by atoms with Gasteiger partial charge in [-0.3, -0.25) is 4.79 Å². The molecule has 13 heavy (non-hydrogen) atoms. The monoisotopic (exact) mass is 179 g/mol. The van der Waals surface area contributed by atoms with E-state index in [1.165, 1.54) is 0 Å². The summed E-state index contributed by atoms with van der Waals surface area (Å²) in [5.41, 5.74) is 13.1. The maximum absolute atomic E-state index is 10.5. The molecule has 5 N–H and O–H groups in total. The predicted molar refractivity (Wildman–Crippen MR) is 53.3 cm³/mol. The molecule has 0 spiro atoms. The molecule has 0 aliphatic heterocycles. The number of aryl methyl sites for hydroxylation is 1. The molecule has 0 atom stereocenters. The van der Waals surface area contributed by atoms with Gasteiger partial charge in [0.1, 0.15) is 0 Å². The molecule has 0 heterocycles. The summed E-state index contributed by atoms with van der Waals surface area (Å²) in [4.78, 5) is 10.5. The number of nitrogen functional groups attached to an aromatic ring is 1. The smallest absolute Gasteiger partial charge is 0.236 e. The van der Waals surface area contributed by atoms with Crippen molar-refractivity contribution < 1.29 is 4.79 Å². The molecule has 0 saturated heterocycles. The highest BCUT2D eigenvalue weighted by Crippen LogP contribution is 2.18. The van der Waals surface area contributed by atoms with Crippen molar-refractivity contribution in [1.82, 2.24) is 0 Å². The second-order valence-corrected chi connectivity index (χ2v) is 2.91. The number of carbonyl (C=O) groups is 1. The number of hydrogen-bond acceptors (Lipinski definition) is 3. The standard InChI is InChI=1S/C9H13N3O/c1-6-2-3-8(7(10)4-6)12-5-9(11)13/h2-4,12H,5,10H2,1H3,(H2,11,13). The molecule has 0 saturated carbocycles. The minimum atomic E-state index is -0.403. The Kier molecular flexibility index (Phi) is 2.74. The Morgan fingerprint density at radius 1 is 1.54 bits per heavy atom. The Bertz CT molecular complexity index is 323. The molecule has 0 radical (unpaired) electrons. The molecular weight excluding hydrogens is 166 g/mol. The lowest BCUT2D eigenvalue weighted by molar-refractivity contribution is -0.116. The highest BCUT2D eigenvalue weighted by Gasteiger charge is 1.99. The van der Waals surface area contributed by atoms with Crippen LogP contribution in [0.4, 0.5) is 11.4 Å². The zero-order valence-electron chi connectivity index (χ0n) is 7.50. The van der Waals surface area contributed by atoms with Gasteiger partial charge in [-0.15, -0.1) is 0 Å². The van der Waals surface area contributed by atoms with Crippen LogP contribution in [0.5, 0.6) is 0 Å². The summed E-state index contributed by atoms with van der Waals surface area (Å²) in [6, 6.07) is 5.58. The lowest BCUT2D eigenvalue weighted by atomic mass is 10.2.